The number of piperidine rings is 2. The average Bonchev–Trinajstić information content (AvgIpc) is 3.72. The summed E-state index contributed by atoms with van der Waals surface area (Å²) < 4.78 is 74.7. The summed E-state index contributed by atoms with van der Waals surface area (Å²) in [5, 5.41) is 4.41. The first-order chi connectivity index (χ1) is 24.7. The largest absolute Gasteiger partial charge is 0.444 e. The molecule has 1 amide bonds. The summed E-state index contributed by atoms with van der Waals surface area (Å²) in [7, 11) is 0. The SMILES string of the molecule is [2H]Cl.[2H]c1nc(N([C@H]2CN(C(=O)OC(C)(C)C)CC[C@H]2C)C([2H])([2H])[2H])c2cc[nH]c2n1.[2H]c1nc(N([C@H]2CNCC[C@H]2C)C([2H])([2H])[2H])c2cc[nH]c2n1. The molecule has 2 aliphatic rings. The molecule has 2 aliphatic heterocycles. The van der Waals surface area contributed by atoms with E-state index >= 15 is 0 Å². The number of ether oxygens (including phenoxy) is 1. The Morgan fingerprint density at radius 3 is 2.09 bits per heavy atom. The summed E-state index contributed by atoms with van der Waals surface area (Å²) in [4.78, 5) is 38.9. The van der Waals surface area contributed by atoms with Crippen molar-refractivity contribution in [3.8, 4) is 0 Å². The van der Waals surface area contributed by atoms with Gasteiger partial charge >= 0.3 is 6.09 Å². The average molecular weight is 636 g/mol. The normalized spacial score (nSPS) is 25.5. The van der Waals surface area contributed by atoms with Crippen molar-refractivity contribution < 1.29 is 20.5 Å². The Kier molecular flexibility index (Phi) is 7.25. The van der Waals surface area contributed by atoms with Crippen LogP contribution < -0.4 is 15.1 Å². The monoisotopic (exact) mass is 635 g/mol. The molecule has 0 radical (unpaired) electrons. The molecule has 4 atom stereocenters. The van der Waals surface area contributed by atoms with Crippen LogP contribution in [0.3, 0.4) is 0 Å². The van der Waals surface area contributed by atoms with Crippen LogP contribution in [0.15, 0.2) is 37.1 Å². The van der Waals surface area contributed by atoms with Crippen LogP contribution in [-0.2, 0) is 4.74 Å². The molecule has 4 aromatic heterocycles. The molecule has 44 heavy (non-hydrogen) atoms. The number of hydrogen-bond acceptors (Lipinski definition) is 9. The van der Waals surface area contributed by atoms with Gasteiger partial charge in [-0.3, -0.25) is 0 Å². The molecule has 0 bridgehead atoms. The van der Waals surface area contributed by atoms with Crippen LogP contribution in [0.4, 0.5) is 16.4 Å². The van der Waals surface area contributed by atoms with E-state index in [0.29, 0.717) is 47.4 Å². The van der Waals surface area contributed by atoms with Crippen molar-refractivity contribution in [1.82, 2.24) is 40.1 Å². The number of carbonyl (C=O) groups excluding carboxylic acids is 1. The lowest BCUT2D eigenvalue weighted by atomic mass is 9.92. The van der Waals surface area contributed by atoms with Crippen molar-refractivity contribution in [3.63, 3.8) is 0 Å². The minimum absolute atomic E-state index is 0.00717. The highest BCUT2D eigenvalue weighted by atomic mass is 35.5. The summed E-state index contributed by atoms with van der Waals surface area (Å²) in [6.45, 7) is 6.72. The molecule has 12 nitrogen and oxygen atoms in total. The number of nitrogens with one attached hydrogen (secondary N) is 3. The standard InChI is InChI=1S/C18H27N5O2.C13H19N5.ClH/c1-12-7-9-23(17(24)25-18(2,3)4)10-14(12)22(5)16-13-6-8-19-15(13)20-11-21-16;1-9-3-5-14-7-11(9)18(2)13-10-4-6-15-12(10)16-8-17-13;/h6,8,11-12,14H,7,9-10H2,1-5H3,(H,19,20,21);4,6,8-9,11,14H,3,5,7H2,1-2H3,(H,15,16,17);1H/t12-,14+;9-,11+;/m11./s1/i5D3,11D;2D3,8D;/hD. The maximum Gasteiger partial charge on any atom is 0.410 e. The molecule has 0 unspecified atom stereocenters. The summed E-state index contributed by atoms with van der Waals surface area (Å²) in [5.74, 6) is 0.688. The van der Waals surface area contributed by atoms with E-state index in [9.17, 15) is 4.79 Å². The van der Waals surface area contributed by atoms with Gasteiger partial charge in [0.1, 0.15) is 45.1 Å². The van der Waals surface area contributed by atoms with E-state index in [4.69, 9.17) is 16.9 Å². The summed E-state index contributed by atoms with van der Waals surface area (Å²) in [6, 6.07) is 2.73. The van der Waals surface area contributed by atoms with Crippen LogP contribution in [0, 0.1) is 11.8 Å². The molecule has 2 fully saturated rings. The molecule has 4 aromatic rings. The Morgan fingerprint density at radius 2 is 1.55 bits per heavy atom. The number of hydrogen-bond donors (Lipinski definition) is 3. The first-order valence-electron chi connectivity index (χ1n) is 19.0. The third kappa shape index (κ3) is 7.35. The fourth-order valence-electron chi connectivity index (χ4n) is 5.51. The van der Waals surface area contributed by atoms with Crippen molar-refractivity contribution in [3.05, 3.63) is 37.1 Å². The summed E-state index contributed by atoms with van der Waals surface area (Å²) in [5.41, 5.74) is 0.256. The van der Waals surface area contributed by atoms with E-state index in [1.165, 1.54) is 9.80 Å². The van der Waals surface area contributed by atoms with Crippen molar-refractivity contribution >= 4 is 52.1 Å². The minimum Gasteiger partial charge on any atom is -0.444 e. The minimum atomic E-state index is -2.51. The number of fused-ring (bicyclic) bond motifs is 2. The number of aromatic nitrogens is 6. The highest BCUT2D eigenvalue weighted by Gasteiger charge is 2.34. The first-order valence-corrected chi connectivity index (χ1v) is 14.7. The molecule has 6 rings (SSSR count). The van der Waals surface area contributed by atoms with Gasteiger partial charge in [-0.15, -0.1) is 12.3 Å². The summed E-state index contributed by atoms with van der Waals surface area (Å²) >= 11 is 3.89. The lowest BCUT2D eigenvalue weighted by Gasteiger charge is -2.42. The lowest BCUT2D eigenvalue weighted by molar-refractivity contribution is 0.0165. The molecular formula is C31H47ClN10O2. The van der Waals surface area contributed by atoms with Crippen molar-refractivity contribution in [2.75, 3.05) is 49.9 Å². The Labute approximate surface area is 278 Å². The Bertz CT molecular complexity index is 1830. The predicted molar refractivity (Wildman–Crippen MR) is 178 cm³/mol. The van der Waals surface area contributed by atoms with E-state index in [2.05, 4.69) is 54.5 Å². The number of halogens is 1. The van der Waals surface area contributed by atoms with Gasteiger partial charge in [-0.25, -0.2) is 24.7 Å². The topological polar surface area (TPSA) is 131 Å². The lowest BCUT2D eigenvalue weighted by Crippen LogP contribution is -2.53. The van der Waals surface area contributed by atoms with Crippen LogP contribution in [0.25, 0.3) is 22.1 Å². The second-order valence-corrected chi connectivity index (χ2v) is 12.3. The number of likely N-dealkylation sites (tertiary alicyclic amines) is 1. The number of H-pyrrole nitrogens is 2. The number of aromatic amines is 2. The molecule has 13 heteroatoms. The van der Waals surface area contributed by atoms with E-state index in [1.807, 2.05) is 6.92 Å². The molecule has 0 spiro atoms. The van der Waals surface area contributed by atoms with Crippen molar-refractivity contribution in [1.29, 1.82) is 1.17 Å². The van der Waals surface area contributed by atoms with Crippen LogP contribution in [-0.4, -0.2) is 99.9 Å². The zero-order valence-electron chi connectivity index (χ0n) is 34.7. The number of carbonyl (C=O) groups is 1. The van der Waals surface area contributed by atoms with E-state index in [1.54, 1.807) is 50.2 Å². The Morgan fingerprint density at radius 1 is 0.977 bits per heavy atom. The number of nitrogens with zero attached hydrogens (tertiary/aromatic N) is 7. The fourth-order valence-corrected chi connectivity index (χ4v) is 5.51. The van der Waals surface area contributed by atoms with Crippen molar-refractivity contribution in [2.24, 2.45) is 11.8 Å². The van der Waals surface area contributed by atoms with Gasteiger partial charge < -0.3 is 34.7 Å². The maximum atomic E-state index is 12.6. The fraction of sp³-hybridized carbons (Fsp3) is 0.581. The predicted octanol–water partition coefficient (Wildman–Crippen LogP) is 4.85. The van der Waals surface area contributed by atoms with Gasteiger partial charge in [0.2, 0.25) is 0 Å². The molecule has 0 saturated carbocycles. The van der Waals surface area contributed by atoms with Crippen LogP contribution >= 0.6 is 12.3 Å². The van der Waals surface area contributed by atoms with Gasteiger partial charge in [-0.2, -0.15) is 0 Å². The smallest absolute Gasteiger partial charge is 0.410 e. The van der Waals surface area contributed by atoms with E-state index in [0.717, 1.165) is 13.0 Å². The molecule has 0 aliphatic carbocycles. The third-order valence-electron chi connectivity index (χ3n) is 8.04. The molecule has 6 heterocycles. The Hall–Kier alpha value is -3.64. The number of likely N-dealkylation sites (N-methyl/N-ethyl adjacent to an activating group) is 2. The zero-order chi connectivity index (χ0) is 39.5. The van der Waals surface area contributed by atoms with E-state index in [-0.39, 0.29) is 42.8 Å². The first kappa shape index (κ1) is 22.8. The van der Waals surface area contributed by atoms with Crippen LogP contribution in [0.5, 0.6) is 0 Å². The highest BCUT2D eigenvalue weighted by molar-refractivity contribution is 5.88. The second kappa shape index (κ2) is 14.0. The number of amides is 1. The van der Waals surface area contributed by atoms with Gasteiger partial charge in [-0.05, 0) is 64.1 Å². The van der Waals surface area contributed by atoms with Crippen LogP contribution in [0.1, 0.15) is 58.4 Å². The van der Waals surface area contributed by atoms with Gasteiger partial charge in [0.15, 0.2) is 0 Å². The van der Waals surface area contributed by atoms with Gasteiger partial charge in [0, 0.05) is 60.2 Å². The van der Waals surface area contributed by atoms with Gasteiger partial charge in [0.25, 0.3) is 0 Å². The number of anilines is 2. The van der Waals surface area contributed by atoms with Crippen LogP contribution in [0.2, 0.25) is 0 Å². The third-order valence-corrected chi connectivity index (χ3v) is 8.04. The van der Waals surface area contributed by atoms with E-state index < -0.39 is 31.7 Å². The highest BCUT2D eigenvalue weighted by Crippen LogP contribution is 2.29. The van der Waals surface area contributed by atoms with Crippen molar-refractivity contribution in [2.45, 2.75) is 65.1 Å². The summed E-state index contributed by atoms with van der Waals surface area (Å²) in [6.07, 6.45) is 3.94. The van der Waals surface area contributed by atoms with Gasteiger partial charge in [0.05, 0.1) is 16.8 Å². The molecule has 240 valence electrons. The molecular weight excluding hydrogens is 580 g/mol. The van der Waals surface area contributed by atoms with Gasteiger partial charge in [-0.1, -0.05) is 13.8 Å². The molecule has 0 aromatic carbocycles. The maximum absolute atomic E-state index is 12.6. The second-order valence-electron chi connectivity index (χ2n) is 12.3. The quantitative estimate of drug-likeness (QED) is 0.288. The zero-order valence-corrected chi connectivity index (χ0v) is 26.4. The molecule has 3 N–H and O–H groups in total. The Balaban J connectivity index is 0.000000234. The molecule has 2 saturated heterocycles. The number of rotatable bonds is 4.